The van der Waals surface area contributed by atoms with Crippen molar-refractivity contribution in [2.45, 2.75) is 0 Å². The number of nitro benzene ring substituents is 1. The summed E-state index contributed by atoms with van der Waals surface area (Å²) in [5.74, 6) is 0.420. The molecule has 0 aliphatic carbocycles. The highest BCUT2D eigenvalue weighted by Gasteiger charge is 2.27. The van der Waals surface area contributed by atoms with E-state index in [9.17, 15) is 14.9 Å². The Morgan fingerprint density at radius 1 is 1.07 bits per heavy atom. The Hall–Kier alpha value is -3.88. The number of nitrogens with zero attached hydrogens (tertiary/aromatic N) is 2. The van der Waals surface area contributed by atoms with Crippen LogP contribution in [0.2, 0.25) is 0 Å². The lowest BCUT2D eigenvalue weighted by atomic mass is 10.1. The van der Waals surface area contributed by atoms with Crippen molar-refractivity contribution in [1.29, 1.82) is 0 Å². The number of benzene rings is 2. The zero-order valence-electron chi connectivity index (χ0n) is 15.3. The number of aliphatic imine (C=N–C) groups is 1. The number of carbonyl (C=O) groups is 1. The average molecular weight is 384 g/mol. The van der Waals surface area contributed by atoms with E-state index in [2.05, 4.69) is 4.99 Å². The van der Waals surface area contributed by atoms with Crippen molar-refractivity contribution in [3.8, 4) is 17.2 Å². The van der Waals surface area contributed by atoms with Crippen LogP contribution in [-0.2, 0) is 9.53 Å². The molecule has 0 spiro atoms. The molecule has 28 heavy (non-hydrogen) atoms. The van der Waals surface area contributed by atoms with Crippen LogP contribution in [0.15, 0.2) is 47.1 Å². The maximum atomic E-state index is 12.2. The maximum Gasteiger partial charge on any atom is 0.363 e. The van der Waals surface area contributed by atoms with Crippen molar-refractivity contribution < 1.29 is 28.7 Å². The van der Waals surface area contributed by atoms with Crippen LogP contribution < -0.4 is 14.2 Å². The molecule has 0 aromatic heterocycles. The summed E-state index contributed by atoms with van der Waals surface area (Å²) in [6, 6.07) is 9.20. The van der Waals surface area contributed by atoms with Crippen LogP contribution in [0.1, 0.15) is 11.1 Å². The lowest BCUT2D eigenvalue weighted by Gasteiger charge is -2.13. The largest absolute Gasteiger partial charge is 0.493 e. The molecule has 0 N–H and O–H groups in total. The van der Waals surface area contributed by atoms with Gasteiger partial charge < -0.3 is 18.9 Å². The molecule has 2 aromatic rings. The van der Waals surface area contributed by atoms with Crippen molar-refractivity contribution in [2.24, 2.45) is 4.99 Å². The van der Waals surface area contributed by atoms with Gasteiger partial charge in [0.05, 0.1) is 31.8 Å². The van der Waals surface area contributed by atoms with Crippen LogP contribution >= 0.6 is 0 Å². The van der Waals surface area contributed by atoms with Gasteiger partial charge in [-0.1, -0.05) is 12.1 Å². The highest BCUT2D eigenvalue weighted by Crippen LogP contribution is 2.39. The second-order valence-corrected chi connectivity index (χ2v) is 5.57. The molecule has 1 aliphatic rings. The van der Waals surface area contributed by atoms with Crippen LogP contribution in [0, 0.1) is 10.1 Å². The van der Waals surface area contributed by atoms with Gasteiger partial charge in [0.25, 0.3) is 5.69 Å². The monoisotopic (exact) mass is 384 g/mol. The number of para-hydroxylation sites is 1. The minimum Gasteiger partial charge on any atom is -0.493 e. The Morgan fingerprint density at radius 2 is 1.71 bits per heavy atom. The number of rotatable bonds is 6. The van der Waals surface area contributed by atoms with Gasteiger partial charge in [0.15, 0.2) is 17.2 Å². The first-order valence-corrected chi connectivity index (χ1v) is 8.04. The third kappa shape index (κ3) is 3.50. The first-order chi connectivity index (χ1) is 13.5. The Labute approximate surface area is 160 Å². The van der Waals surface area contributed by atoms with Crippen molar-refractivity contribution in [1.82, 2.24) is 0 Å². The molecule has 0 atom stereocenters. The van der Waals surface area contributed by atoms with E-state index in [0.29, 0.717) is 22.8 Å². The summed E-state index contributed by atoms with van der Waals surface area (Å²) in [6.45, 7) is 0. The predicted molar refractivity (Wildman–Crippen MR) is 99.8 cm³/mol. The third-order valence-corrected chi connectivity index (χ3v) is 3.96. The van der Waals surface area contributed by atoms with E-state index in [1.54, 1.807) is 18.2 Å². The highest BCUT2D eigenvalue weighted by molar-refractivity contribution is 6.13. The fraction of sp³-hybridized carbons (Fsp3) is 0.158. The zero-order chi connectivity index (χ0) is 20.3. The SMILES string of the molecule is COc1cc(C2=N/C(=C/c3ccccc3[N+](=O)[O-])C(=O)O2)cc(OC)c1OC. The van der Waals surface area contributed by atoms with Crippen molar-refractivity contribution in [3.63, 3.8) is 0 Å². The molecule has 3 rings (SSSR count). The van der Waals surface area contributed by atoms with E-state index < -0.39 is 10.9 Å². The van der Waals surface area contributed by atoms with Gasteiger partial charge >= 0.3 is 5.97 Å². The van der Waals surface area contributed by atoms with Gasteiger partial charge in [0.2, 0.25) is 11.6 Å². The fourth-order valence-corrected chi connectivity index (χ4v) is 2.66. The molecule has 1 heterocycles. The van der Waals surface area contributed by atoms with E-state index in [0.717, 1.165) is 0 Å². The Balaban J connectivity index is 2.05. The molecule has 144 valence electrons. The highest BCUT2D eigenvalue weighted by atomic mass is 16.6. The Kier molecular flexibility index (Phi) is 5.25. The second kappa shape index (κ2) is 7.78. The summed E-state index contributed by atoms with van der Waals surface area (Å²) in [5.41, 5.74) is 0.473. The topological polar surface area (TPSA) is 109 Å². The van der Waals surface area contributed by atoms with Gasteiger partial charge in [-0.15, -0.1) is 0 Å². The van der Waals surface area contributed by atoms with Crippen LogP contribution in [0.5, 0.6) is 17.2 Å². The molecule has 1 aliphatic heterocycles. The molecule has 9 heteroatoms. The standard InChI is InChI=1S/C19H16N2O7/c1-25-15-9-12(10-16(26-2)17(15)27-3)18-20-13(19(22)28-18)8-11-6-4-5-7-14(11)21(23)24/h4-10H,1-3H3/b13-8+. The molecule has 0 amide bonds. The van der Waals surface area contributed by atoms with E-state index in [1.165, 1.54) is 45.6 Å². The molecule has 0 saturated carbocycles. The van der Waals surface area contributed by atoms with Crippen molar-refractivity contribution in [3.05, 3.63) is 63.3 Å². The minimum atomic E-state index is -0.720. The smallest absolute Gasteiger partial charge is 0.363 e. The van der Waals surface area contributed by atoms with Gasteiger partial charge in [-0.2, -0.15) is 0 Å². The van der Waals surface area contributed by atoms with Crippen molar-refractivity contribution in [2.75, 3.05) is 21.3 Å². The summed E-state index contributed by atoms with van der Waals surface area (Å²) in [6.07, 6.45) is 1.31. The number of esters is 1. The molecule has 0 radical (unpaired) electrons. The molecule has 9 nitrogen and oxygen atoms in total. The summed E-state index contributed by atoms with van der Waals surface area (Å²) >= 11 is 0. The summed E-state index contributed by atoms with van der Waals surface area (Å²) in [4.78, 5) is 27.0. The number of nitro groups is 1. The molecular weight excluding hydrogens is 368 g/mol. The van der Waals surface area contributed by atoms with E-state index >= 15 is 0 Å². The number of ether oxygens (including phenoxy) is 4. The Morgan fingerprint density at radius 3 is 2.29 bits per heavy atom. The van der Waals surface area contributed by atoms with Gasteiger partial charge in [-0.05, 0) is 24.3 Å². The van der Waals surface area contributed by atoms with Gasteiger partial charge in [-0.25, -0.2) is 9.79 Å². The maximum absolute atomic E-state index is 12.2. The van der Waals surface area contributed by atoms with Crippen LogP contribution in [-0.4, -0.2) is 38.1 Å². The quantitative estimate of drug-likeness (QED) is 0.326. The zero-order valence-corrected chi connectivity index (χ0v) is 15.3. The van der Waals surface area contributed by atoms with Crippen molar-refractivity contribution >= 4 is 23.6 Å². The summed E-state index contributed by atoms with van der Waals surface area (Å²) < 4.78 is 21.0. The van der Waals surface area contributed by atoms with Crippen LogP contribution in [0.3, 0.4) is 0 Å². The number of cyclic esters (lactones) is 1. The lowest BCUT2D eigenvalue weighted by molar-refractivity contribution is -0.385. The average Bonchev–Trinajstić information content (AvgIpc) is 3.07. The minimum absolute atomic E-state index is 0.0223. The second-order valence-electron chi connectivity index (χ2n) is 5.57. The van der Waals surface area contributed by atoms with Gasteiger partial charge in [-0.3, -0.25) is 10.1 Å². The number of hydrogen-bond acceptors (Lipinski definition) is 8. The summed E-state index contributed by atoms with van der Waals surface area (Å²) in [5, 5.41) is 11.1. The first kappa shape index (κ1) is 18.9. The molecule has 0 fully saturated rings. The molecular formula is C19H16N2O7. The van der Waals surface area contributed by atoms with E-state index in [-0.39, 0.29) is 22.8 Å². The van der Waals surface area contributed by atoms with Crippen LogP contribution in [0.4, 0.5) is 5.69 Å². The van der Waals surface area contributed by atoms with Gasteiger partial charge in [0, 0.05) is 11.6 Å². The fourth-order valence-electron chi connectivity index (χ4n) is 2.66. The lowest BCUT2D eigenvalue weighted by Crippen LogP contribution is -2.07. The summed E-state index contributed by atoms with van der Waals surface area (Å²) in [7, 11) is 4.40. The molecule has 0 unspecified atom stereocenters. The van der Waals surface area contributed by atoms with E-state index in [4.69, 9.17) is 18.9 Å². The number of methoxy groups -OCH3 is 3. The molecule has 0 saturated heterocycles. The third-order valence-electron chi connectivity index (χ3n) is 3.96. The first-order valence-electron chi connectivity index (χ1n) is 8.04. The predicted octanol–water partition coefficient (Wildman–Crippen LogP) is 2.97. The number of carbonyl (C=O) groups excluding carboxylic acids is 1. The van der Waals surface area contributed by atoms with Gasteiger partial charge in [0.1, 0.15) is 0 Å². The molecule has 0 bridgehead atoms. The normalized spacial score (nSPS) is 14.5. The Bertz CT molecular complexity index is 986. The number of hydrogen-bond donors (Lipinski definition) is 0. The van der Waals surface area contributed by atoms with E-state index in [1.807, 2.05) is 0 Å². The van der Waals surface area contributed by atoms with Crippen LogP contribution in [0.25, 0.3) is 6.08 Å². The molecule has 2 aromatic carbocycles.